The molecule has 1 aliphatic rings. The maximum atomic E-state index is 12.5. The molecule has 3 heterocycles. The Labute approximate surface area is 137 Å². The van der Waals surface area contributed by atoms with Gasteiger partial charge in [0.15, 0.2) is 11.9 Å². The summed E-state index contributed by atoms with van der Waals surface area (Å²) in [5.41, 5.74) is 0. The van der Waals surface area contributed by atoms with E-state index in [1.54, 1.807) is 24.8 Å². The van der Waals surface area contributed by atoms with Crippen LogP contribution in [0.3, 0.4) is 0 Å². The van der Waals surface area contributed by atoms with E-state index < -0.39 is 18.1 Å². The summed E-state index contributed by atoms with van der Waals surface area (Å²) in [6.07, 6.45) is 0.749. The van der Waals surface area contributed by atoms with E-state index in [0.717, 1.165) is 6.42 Å². The van der Waals surface area contributed by atoms with Gasteiger partial charge in [0.05, 0.1) is 4.88 Å². The molecule has 1 fully saturated rings. The van der Waals surface area contributed by atoms with Crippen molar-refractivity contribution < 1.29 is 18.8 Å². The molecule has 2 aromatic rings. The van der Waals surface area contributed by atoms with Crippen LogP contribution in [-0.4, -0.2) is 39.5 Å². The summed E-state index contributed by atoms with van der Waals surface area (Å²) >= 11 is 1.37. The molecule has 0 aromatic carbocycles. The average molecular weight is 335 g/mol. The maximum Gasteiger partial charge on any atom is 0.329 e. The summed E-state index contributed by atoms with van der Waals surface area (Å²) in [6.45, 7) is 3.93. The zero-order valence-electron chi connectivity index (χ0n) is 12.9. The quantitative estimate of drug-likeness (QED) is 0.797. The standard InChI is InChI=1S/C15H17N3O4S/c1-9(13-16-10(2)17-22-13)21-15(20)11-5-3-7-18(11)14(19)12-6-4-8-23-12/h4,6,8-9,11H,3,5,7H2,1-2H3/t9-,11-/m0/s1. The molecular weight excluding hydrogens is 318 g/mol. The van der Waals surface area contributed by atoms with Crippen molar-refractivity contribution in [2.45, 2.75) is 38.8 Å². The normalized spacial score (nSPS) is 18.9. The first-order valence-electron chi connectivity index (χ1n) is 7.41. The van der Waals surface area contributed by atoms with Crippen molar-refractivity contribution in [3.8, 4) is 0 Å². The molecular formula is C15H17N3O4S. The fraction of sp³-hybridized carbons (Fsp3) is 0.467. The Balaban J connectivity index is 1.67. The van der Waals surface area contributed by atoms with Gasteiger partial charge in [0, 0.05) is 6.54 Å². The fourth-order valence-corrected chi connectivity index (χ4v) is 3.26. The van der Waals surface area contributed by atoms with Crippen LogP contribution in [0, 0.1) is 6.92 Å². The molecule has 0 spiro atoms. The molecule has 7 nitrogen and oxygen atoms in total. The summed E-state index contributed by atoms with van der Waals surface area (Å²) < 4.78 is 10.4. The Kier molecular flexibility index (Phi) is 4.42. The lowest BCUT2D eigenvalue weighted by atomic mass is 10.2. The number of aryl methyl sites for hydroxylation is 1. The second kappa shape index (κ2) is 6.49. The van der Waals surface area contributed by atoms with Crippen molar-refractivity contribution in [1.82, 2.24) is 15.0 Å². The van der Waals surface area contributed by atoms with Gasteiger partial charge in [-0.2, -0.15) is 4.98 Å². The molecule has 122 valence electrons. The molecule has 3 rings (SSSR count). The number of ether oxygens (including phenoxy) is 1. The van der Waals surface area contributed by atoms with E-state index in [1.165, 1.54) is 11.3 Å². The lowest BCUT2D eigenvalue weighted by Gasteiger charge is -2.23. The molecule has 0 aliphatic carbocycles. The van der Waals surface area contributed by atoms with Crippen LogP contribution in [-0.2, 0) is 9.53 Å². The Hall–Kier alpha value is -2.22. The minimum absolute atomic E-state index is 0.124. The highest BCUT2D eigenvalue weighted by Crippen LogP contribution is 2.25. The SMILES string of the molecule is Cc1noc([C@H](C)OC(=O)[C@@H]2CCCN2C(=O)c2cccs2)n1. The summed E-state index contributed by atoms with van der Waals surface area (Å²) in [5, 5.41) is 5.52. The van der Waals surface area contributed by atoms with E-state index in [1.807, 2.05) is 11.4 Å². The smallest absolute Gasteiger partial charge is 0.329 e. The molecule has 0 saturated carbocycles. The molecule has 0 bridgehead atoms. The summed E-state index contributed by atoms with van der Waals surface area (Å²) in [6, 6.07) is 3.02. The van der Waals surface area contributed by atoms with Gasteiger partial charge in [-0.15, -0.1) is 11.3 Å². The van der Waals surface area contributed by atoms with Gasteiger partial charge in [0.25, 0.3) is 11.8 Å². The zero-order valence-corrected chi connectivity index (χ0v) is 13.7. The van der Waals surface area contributed by atoms with Crippen LogP contribution in [0.4, 0.5) is 0 Å². The second-order valence-corrected chi connectivity index (χ2v) is 6.34. The summed E-state index contributed by atoms with van der Waals surface area (Å²) in [5.74, 6) is 0.180. The third-order valence-corrected chi connectivity index (χ3v) is 4.56. The predicted octanol–water partition coefficient (Wildman–Crippen LogP) is 2.35. The second-order valence-electron chi connectivity index (χ2n) is 5.39. The largest absolute Gasteiger partial charge is 0.451 e. The van der Waals surface area contributed by atoms with Crippen molar-refractivity contribution >= 4 is 23.2 Å². The monoisotopic (exact) mass is 335 g/mol. The lowest BCUT2D eigenvalue weighted by Crippen LogP contribution is -2.41. The van der Waals surface area contributed by atoms with Crippen LogP contribution in [0.15, 0.2) is 22.0 Å². The number of carbonyl (C=O) groups excluding carboxylic acids is 2. The van der Waals surface area contributed by atoms with Crippen molar-refractivity contribution in [2.75, 3.05) is 6.54 Å². The van der Waals surface area contributed by atoms with Gasteiger partial charge in [-0.3, -0.25) is 4.79 Å². The Bertz CT molecular complexity index is 697. The number of aromatic nitrogens is 2. The lowest BCUT2D eigenvalue weighted by molar-refractivity contribution is -0.154. The van der Waals surface area contributed by atoms with Crippen LogP contribution in [0.25, 0.3) is 0 Å². The molecule has 23 heavy (non-hydrogen) atoms. The number of amides is 1. The first-order valence-corrected chi connectivity index (χ1v) is 8.29. The van der Waals surface area contributed by atoms with Gasteiger partial charge >= 0.3 is 5.97 Å². The number of hydrogen-bond donors (Lipinski definition) is 0. The topological polar surface area (TPSA) is 85.5 Å². The molecule has 2 atom stereocenters. The number of likely N-dealkylation sites (tertiary alicyclic amines) is 1. The van der Waals surface area contributed by atoms with Crippen molar-refractivity contribution in [3.05, 3.63) is 34.1 Å². The number of carbonyl (C=O) groups is 2. The Morgan fingerprint density at radius 1 is 1.52 bits per heavy atom. The Morgan fingerprint density at radius 2 is 2.35 bits per heavy atom. The van der Waals surface area contributed by atoms with Crippen LogP contribution >= 0.6 is 11.3 Å². The van der Waals surface area contributed by atoms with Crippen LogP contribution in [0.5, 0.6) is 0 Å². The third kappa shape index (κ3) is 3.26. The average Bonchev–Trinajstić information content (AvgIpc) is 3.27. The fourth-order valence-electron chi connectivity index (χ4n) is 2.58. The van der Waals surface area contributed by atoms with Crippen LogP contribution in [0.1, 0.15) is 47.3 Å². The zero-order chi connectivity index (χ0) is 16.4. The molecule has 1 amide bonds. The van der Waals surface area contributed by atoms with Gasteiger partial charge in [0.2, 0.25) is 0 Å². The van der Waals surface area contributed by atoms with E-state index in [9.17, 15) is 9.59 Å². The number of esters is 1. The van der Waals surface area contributed by atoms with Gasteiger partial charge in [-0.1, -0.05) is 11.2 Å². The third-order valence-electron chi connectivity index (χ3n) is 3.70. The van der Waals surface area contributed by atoms with Crippen molar-refractivity contribution in [2.24, 2.45) is 0 Å². The molecule has 1 aliphatic heterocycles. The molecule has 2 aromatic heterocycles. The van der Waals surface area contributed by atoms with Gasteiger partial charge < -0.3 is 14.2 Å². The summed E-state index contributed by atoms with van der Waals surface area (Å²) in [4.78, 5) is 31.2. The van der Waals surface area contributed by atoms with Gasteiger partial charge in [-0.25, -0.2) is 4.79 Å². The highest BCUT2D eigenvalue weighted by molar-refractivity contribution is 7.12. The van der Waals surface area contributed by atoms with E-state index >= 15 is 0 Å². The van der Waals surface area contributed by atoms with E-state index in [2.05, 4.69) is 10.1 Å². The number of hydrogen-bond acceptors (Lipinski definition) is 7. The molecule has 1 saturated heterocycles. The minimum Gasteiger partial charge on any atom is -0.451 e. The van der Waals surface area contributed by atoms with E-state index in [-0.39, 0.29) is 11.8 Å². The van der Waals surface area contributed by atoms with E-state index in [0.29, 0.717) is 23.7 Å². The molecule has 0 radical (unpaired) electrons. The number of nitrogens with zero attached hydrogens (tertiary/aromatic N) is 3. The minimum atomic E-state index is -0.636. The first kappa shape index (κ1) is 15.7. The molecule has 0 N–H and O–H groups in total. The number of thiophene rings is 1. The summed E-state index contributed by atoms with van der Waals surface area (Å²) in [7, 11) is 0. The maximum absolute atomic E-state index is 12.5. The van der Waals surface area contributed by atoms with Gasteiger partial charge in [-0.05, 0) is 38.1 Å². The Morgan fingerprint density at radius 3 is 3.00 bits per heavy atom. The predicted molar refractivity (Wildman–Crippen MR) is 81.9 cm³/mol. The van der Waals surface area contributed by atoms with Gasteiger partial charge in [0.1, 0.15) is 6.04 Å². The highest BCUT2D eigenvalue weighted by atomic mass is 32.1. The molecule has 8 heteroatoms. The van der Waals surface area contributed by atoms with E-state index in [4.69, 9.17) is 9.26 Å². The van der Waals surface area contributed by atoms with Crippen LogP contribution in [0.2, 0.25) is 0 Å². The van der Waals surface area contributed by atoms with Crippen LogP contribution < -0.4 is 0 Å². The van der Waals surface area contributed by atoms with Crippen molar-refractivity contribution in [1.29, 1.82) is 0 Å². The highest BCUT2D eigenvalue weighted by Gasteiger charge is 2.37. The molecule has 0 unspecified atom stereocenters. The number of rotatable bonds is 4. The van der Waals surface area contributed by atoms with Crippen molar-refractivity contribution in [3.63, 3.8) is 0 Å². The first-order chi connectivity index (χ1) is 11.1.